The van der Waals surface area contributed by atoms with Crippen molar-refractivity contribution in [2.75, 3.05) is 0 Å². The van der Waals surface area contributed by atoms with E-state index in [1.807, 2.05) is 0 Å². The van der Waals surface area contributed by atoms with E-state index in [0.717, 1.165) is 0 Å². The first kappa shape index (κ1) is 20.1. The van der Waals surface area contributed by atoms with Crippen molar-refractivity contribution in [1.82, 2.24) is 15.2 Å². The van der Waals surface area contributed by atoms with Crippen LogP contribution in [0.3, 0.4) is 0 Å². The van der Waals surface area contributed by atoms with Crippen molar-refractivity contribution < 1.29 is 27.6 Å². The lowest BCUT2D eigenvalue weighted by Gasteiger charge is -2.27. The van der Waals surface area contributed by atoms with Crippen LogP contribution >= 0.6 is 0 Å². The number of aromatic nitrogens is 1. The SMILES string of the molecule is Cc1noc(C)c1S(=O)(=O)NC(C)C(=O)NC(C)(C)CCC(=O)O. The Morgan fingerprint density at radius 2 is 1.92 bits per heavy atom. The highest BCUT2D eigenvalue weighted by Crippen LogP contribution is 2.19. The zero-order valence-corrected chi connectivity index (χ0v) is 15.2. The summed E-state index contributed by atoms with van der Waals surface area (Å²) in [5, 5.41) is 14.9. The molecule has 0 spiro atoms. The molecule has 0 aliphatic heterocycles. The predicted octanol–water partition coefficient (Wildman–Crippen LogP) is 0.718. The molecular weight excluding hydrogens is 338 g/mol. The van der Waals surface area contributed by atoms with E-state index in [0.29, 0.717) is 0 Å². The van der Waals surface area contributed by atoms with Gasteiger partial charge in [-0.2, -0.15) is 4.72 Å². The molecule has 24 heavy (non-hydrogen) atoms. The van der Waals surface area contributed by atoms with E-state index in [1.165, 1.54) is 20.8 Å². The van der Waals surface area contributed by atoms with Crippen LogP contribution in [0.2, 0.25) is 0 Å². The third-order valence-electron chi connectivity index (χ3n) is 3.39. The number of nitrogens with one attached hydrogen (secondary N) is 2. The third kappa shape index (κ3) is 5.31. The predicted molar refractivity (Wildman–Crippen MR) is 84.9 cm³/mol. The van der Waals surface area contributed by atoms with Gasteiger partial charge in [0.25, 0.3) is 0 Å². The van der Waals surface area contributed by atoms with Gasteiger partial charge in [-0.05, 0) is 41.0 Å². The van der Waals surface area contributed by atoms with Gasteiger partial charge >= 0.3 is 5.97 Å². The number of amides is 1. The molecule has 3 N–H and O–H groups in total. The highest BCUT2D eigenvalue weighted by atomic mass is 32.2. The molecule has 0 bridgehead atoms. The molecule has 10 heteroatoms. The van der Waals surface area contributed by atoms with Crippen molar-refractivity contribution in [3.63, 3.8) is 0 Å². The second kappa shape index (κ2) is 7.31. The minimum absolute atomic E-state index is 0.0905. The molecule has 0 aromatic carbocycles. The smallest absolute Gasteiger partial charge is 0.303 e. The number of rotatable bonds is 8. The normalized spacial score (nSPS) is 13.5. The first-order chi connectivity index (χ1) is 10.9. The molecule has 1 unspecified atom stereocenters. The Hall–Kier alpha value is -1.94. The number of carbonyl (C=O) groups is 2. The monoisotopic (exact) mass is 361 g/mol. The minimum Gasteiger partial charge on any atom is -0.481 e. The van der Waals surface area contributed by atoms with Gasteiger partial charge in [-0.15, -0.1) is 0 Å². The summed E-state index contributed by atoms with van der Waals surface area (Å²) in [6.07, 6.45) is 0.115. The van der Waals surface area contributed by atoms with Gasteiger partial charge in [-0.1, -0.05) is 5.16 Å². The molecule has 1 rings (SSSR count). The number of carboxylic acid groups (broad SMARTS) is 1. The van der Waals surface area contributed by atoms with Crippen LogP contribution in [0, 0.1) is 13.8 Å². The van der Waals surface area contributed by atoms with E-state index in [9.17, 15) is 18.0 Å². The van der Waals surface area contributed by atoms with Gasteiger partial charge in [-0.3, -0.25) is 9.59 Å². The fourth-order valence-electron chi connectivity index (χ4n) is 2.13. The highest BCUT2D eigenvalue weighted by molar-refractivity contribution is 7.89. The van der Waals surface area contributed by atoms with Crippen LogP contribution in [0.25, 0.3) is 0 Å². The first-order valence-electron chi connectivity index (χ1n) is 7.35. The van der Waals surface area contributed by atoms with E-state index in [-0.39, 0.29) is 29.2 Å². The summed E-state index contributed by atoms with van der Waals surface area (Å²) >= 11 is 0. The molecule has 0 saturated heterocycles. The lowest BCUT2D eigenvalue weighted by Crippen LogP contribution is -2.52. The van der Waals surface area contributed by atoms with Crippen LogP contribution in [-0.4, -0.2) is 42.1 Å². The Labute approximate surface area is 140 Å². The Morgan fingerprint density at radius 3 is 2.38 bits per heavy atom. The number of hydrogen-bond donors (Lipinski definition) is 3. The molecular formula is C14H23N3O6S. The fraction of sp³-hybridized carbons (Fsp3) is 0.643. The van der Waals surface area contributed by atoms with Gasteiger partial charge in [0.05, 0.1) is 6.04 Å². The molecule has 0 radical (unpaired) electrons. The van der Waals surface area contributed by atoms with Crippen LogP contribution in [0.5, 0.6) is 0 Å². The maximum atomic E-state index is 12.4. The van der Waals surface area contributed by atoms with Gasteiger partial charge in [-0.25, -0.2) is 8.42 Å². The summed E-state index contributed by atoms with van der Waals surface area (Å²) in [5.41, 5.74) is -0.576. The molecule has 1 heterocycles. The average Bonchev–Trinajstić information content (AvgIpc) is 2.75. The Bertz CT molecular complexity index is 703. The van der Waals surface area contributed by atoms with Crippen molar-refractivity contribution in [3.05, 3.63) is 11.5 Å². The number of aryl methyl sites for hydroxylation is 2. The summed E-state index contributed by atoms with van der Waals surface area (Å²) in [5.74, 6) is -1.39. The third-order valence-corrected chi connectivity index (χ3v) is 5.17. The zero-order valence-electron chi connectivity index (χ0n) is 14.3. The molecule has 1 aromatic heterocycles. The van der Waals surface area contributed by atoms with Crippen LogP contribution in [0.15, 0.2) is 9.42 Å². The number of hydrogen-bond acceptors (Lipinski definition) is 6. The van der Waals surface area contributed by atoms with E-state index >= 15 is 0 Å². The summed E-state index contributed by atoms with van der Waals surface area (Å²) in [6.45, 7) is 7.70. The molecule has 1 amide bonds. The van der Waals surface area contributed by atoms with Gasteiger partial charge in [0.15, 0.2) is 5.76 Å². The second-order valence-corrected chi connectivity index (χ2v) is 7.91. The van der Waals surface area contributed by atoms with Gasteiger partial charge in [0.1, 0.15) is 10.6 Å². The van der Waals surface area contributed by atoms with Gasteiger partial charge in [0, 0.05) is 12.0 Å². The van der Waals surface area contributed by atoms with E-state index in [1.54, 1.807) is 13.8 Å². The van der Waals surface area contributed by atoms with Crippen LogP contribution in [-0.2, 0) is 19.6 Å². The Kier molecular flexibility index (Phi) is 6.12. The maximum Gasteiger partial charge on any atom is 0.303 e. The van der Waals surface area contributed by atoms with Gasteiger partial charge < -0.3 is 14.9 Å². The van der Waals surface area contributed by atoms with Crippen molar-refractivity contribution in [3.8, 4) is 0 Å². The quantitative estimate of drug-likeness (QED) is 0.620. The number of carboxylic acids is 1. The van der Waals surface area contributed by atoms with Crippen molar-refractivity contribution in [2.24, 2.45) is 0 Å². The molecule has 0 saturated carbocycles. The number of carbonyl (C=O) groups excluding carboxylic acids is 1. The van der Waals surface area contributed by atoms with Gasteiger partial charge in [0.2, 0.25) is 15.9 Å². The average molecular weight is 361 g/mol. The largest absolute Gasteiger partial charge is 0.481 e. The number of sulfonamides is 1. The van der Waals surface area contributed by atoms with Crippen LogP contribution < -0.4 is 10.0 Å². The van der Waals surface area contributed by atoms with E-state index in [2.05, 4.69) is 15.2 Å². The van der Waals surface area contributed by atoms with Crippen LogP contribution in [0.4, 0.5) is 0 Å². The van der Waals surface area contributed by atoms with E-state index in [4.69, 9.17) is 9.63 Å². The molecule has 0 aliphatic rings. The second-order valence-electron chi connectivity index (χ2n) is 6.26. The van der Waals surface area contributed by atoms with Crippen LogP contribution in [0.1, 0.15) is 45.1 Å². The standard InChI is InChI=1S/C14H23N3O6S/c1-8-12(10(3)23-16-8)24(21,22)17-9(2)13(20)15-14(4,5)7-6-11(18)19/h9,17H,6-7H2,1-5H3,(H,15,20)(H,18,19). The maximum absolute atomic E-state index is 12.4. The minimum atomic E-state index is -3.97. The summed E-state index contributed by atoms with van der Waals surface area (Å²) < 4.78 is 31.8. The molecule has 1 atom stereocenters. The first-order valence-corrected chi connectivity index (χ1v) is 8.83. The summed E-state index contributed by atoms with van der Waals surface area (Å²) in [7, 11) is -3.97. The lowest BCUT2D eigenvalue weighted by atomic mass is 9.98. The number of aliphatic carboxylic acids is 1. The zero-order chi connectivity index (χ0) is 18.7. The summed E-state index contributed by atoms with van der Waals surface area (Å²) in [6, 6.07) is -1.05. The Morgan fingerprint density at radius 1 is 1.33 bits per heavy atom. The number of nitrogens with zero attached hydrogens (tertiary/aromatic N) is 1. The summed E-state index contributed by atoms with van der Waals surface area (Å²) in [4.78, 5) is 22.7. The van der Waals surface area contributed by atoms with Crippen molar-refractivity contribution >= 4 is 21.9 Å². The molecule has 1 aromatic rings. The molecule has 136 valence electrons. The molecule has 9 nitrogen and oxygen atoms in total. The fourth-order valence-corrected chi connectivity index (χ4v) is 3.66. The topological polar surface area (TPSA) is 139 Å². The lowest BCUT2D eigenvalue weighted by molar-refractivity contribution is -0.137. The molecule has 0 aliphatic carbocycles. The van der Waals surface area contributed by atoms with E-state index < -0.39 is 33.5 Å². The molecule has 0 fully saturated rings. The van der Waals surface area contributed by atoms with Crippen molar-refractivity contribution in [2.45, 2.75) is 63.9 Å². The Balaban J connectivity index is 2.78. The highest BCUT2D eigenvalue weighted by Gasteiger charge is 2.30. The van der Waals surface area contributed by atoms with Crippen molar-refractivity contribution in [1.29, 1.82) is 0 Å².